The molecule has 3 aliphatic rings. The third-order valence-corrected chi connectivity index (χ3v) is 13.7. The van der Waals surface area contributed by atoms with Crippen LogP contribution in [0.2, 0.25) is 0 Å². The largest absolute Gasteiger partial charge is 0.507 e. The predicted molar refractivity (Wildman–Crippen MR) is 250 cm³/mol. The number of nitrogens with two attached hydrogens (primary N) is 1. The SMILES string of the molecule is Cc1ncsc1-c1ccc(CNC(=O)[C@@H]2C[C@@H](O)CN2C(=O)[C@@H](NC(=O)CN2CCC(c3cnc(N4CCN(c5cc(-c6ccccc6O)nnc5N)CC4)nc3)CC2)C(C)(C)C)cc1. The summed E-state index contributed by atoms with van der Waals surface area (Å²) >= 11 is 1.58. The van der Waals surface area contributed by atoms with E-state index in [9.17, 15) is 24.6 Å². The topological polar surface area (TPSA) is 219 Å². The highest BCUT2D eigenvalue weighted by atomic mass is 32.1. The molecular formula is C47H58N12O5S. The number of nitrogens with one attached hydrogen (secondary N) is 2. The van der Waals surface area contributed by atoms with Crippen molar-refractivity contribution in [2.75, 3.05) is 67.9 Å². The van der Waals surface area contributed by atoms with Crippen LogP contribution in [0.15, 0.2) is 72.5 Å². The van der Waals surface area contributed by atoms with Crippen molar-refractivity contribution in [1.82, 2.24) is 45.6 Å². The zero-order chi connectivity index (χ0) is 45.8. The number of anilines is 3. The first-order valence-corrected chi connectivity index (χ1v) is 23.1. The number of para-hydroxylation sites is 1. The van der Waals surface area contributed by atoms with Crippen LogP contribution in [0.1, 0.15) is 62.8 Å². The van der Waals surface area contributed by atoms with E-state index in [2.05, 4.69) is 40.5 Å². The average Bonchev–Trinajstić information content (AvgIpc) is 3.93. The van der Waals surface area contributed by atoms with Crippen molar-refractivity contribution in [3.8, 4) is 27.4 Å². The Morgan fingerprint density at radius 1 is 0.923 bits per heavy atom. The minimum absolute atomic E-state index is 0.0144. The van der Waals surface area contributed by atoms with Gasteiger partial charge in [-0.25, -0.2) is 15.0 Å². The molecule has 3 aliphatic heterocycles. The number of hydrogen-bond donors (Lipinski definition) is 5. The van der Waals surface area contributed by atoms with Crippen molar-refractivity contribution < 1.29 is 24.6 Å². The van der Waals surface area contributed by atoms with E-state index in [0.717, 1.165) is 45.8 Å². The maximum absolute atomic E-state index is 14.2. The maximum atomic E-state index is 14.2. The number of piperidine rings is 1. The molecule has 8 rings (SSSR count). The minimum atomic E-state index is -0.900. The second-order valence-electron chi connectivity index (χ2n) is 18.3. The van der Waals surface area contributed by atoms with Crippen LogP contribution in [0.3, 0.4) is 0 Å². The van der Waals surface area contributed by atoms with Crippen molar-refractivity contribution in [1.29, 1.82) is 0 Å². The van der Waals surface area contributed by atoms with E-state index in [0.29, 0.717) is 62.3 Å². The number of nitrogen functional groups attached to an aromatic ring is 1. The monoisotopic (exact) mass is 902 g/mol. The third-order valence-electron chi connectivity index (χ3n) is 12.7. The molecule has 6 heterocycles. The van der Waals surface area contributed by atoms with Crippen LogP contribution < -0.4 is 26.2 Å². The first-order valence-electron chi connectivity index (χ1n) is 22.2. The molecule has 342 valence electrons. The smallest absolute Gasteiger partial charge is 0.246 e. The number of phenols is 1. The van der Waals surface area contributed by atoms with Crippen LogP contribution >= 0.6 is 11.3 Å². The van der Waals surface area contributed by atoms with E-state index < -0.39 is 23.6 Å². The van der Waals surface area contributed by atoms with Gasteiger partial charge in [-0.05, 0) is 79.1 Å². The quantitative estimate of drug-likeness (QED) is 0.120. The van der Waals surface area contributed by atoms with Crippen LogP contribution in [0.4, 0.5) is 17.5 Å². The number of nitrogens with zero attached hydrogens (tertiary/aromatic N) is 9. The van der Waals surface area contributed by atoms with Gasteiger partial charge < -0.3 is 41.3 Å². The van der Waals surface area contributed by atoms with E-state index in [-0.39, 0.29) is 55.4 Å². The Balaban J connectivity index is 0.802. The first-order chi connectivity index (χ1) is 31.2. The summed E-state index contributed by atoms with van der Waals surface area (Å²) in [5.41, 5.74) is 13.3. The Hall–Kier alpha value is -6.24. The lowest BCUT2D eigenvalue weighted by atomic mass is 9.85. The number of carbonyl (C=O) groups is 3. The summed E-state index contributed by atoms with van der Waals surface area (Å²) < 4.78 is 0. The summed E-state index contributed by atoms with van der Waals surface area (Å²) in [5.74, 6) is 0.397. The molecule has 3 amide bonds. The lowest BCUT2D eigenvalue weighted by molar-refractivity contribution is -0.144. The summed E-state index contributed by atoms with van der Waals surface area (Å²) in [6.45, 7) is 12.2. The van der Waals surface area contributed by atoms with Gasteiger partial charge in [0, 0.05) is 63.6 Å². The van der Waals surface area contributed by atoms with Crippen molar-refractivity contribution >= 4 is 46.5 Å². The van der Waals surface area contributed by atoms with E-state index in [1.165, 1.54) is 4.90 Å². The molecule has 0 radical (unpaired) electrons. The summed E-state index contributed by atoms with van der Waals surface area (Å²) in [6.07, 6.45) is 4.76. The number of hydrogen-bond acceptors (Lipinski definition) is 15. The van der Waals surface area contributed by atoms with Gasteiger partial charge in [-0.2, -0.15) is 0 Å². The van der Waals surface area contributed by atoms with Crippen LogP contribution in [0.25, 0.3) is 21.7 Å². The Kier molecular flexibility index (Phi) is 13.6. The van der Waals surface area contributed by atoms with Gasteiger partial charge in [-0.3, -0.25) is 19.3 Å². The van der Waals surface area contributed by atoms with Crippen LogP contribution in [0, 0.1) is 12.3 Å². The molecule has 18 heteroatoms. The lowest BCUT2D eigenvalue weighted by Crippen LogP contribution is -2.58. The number of thiazole rings is 1. The van der Waals surface area contributed by atoms with Crippen molar-refractivity contribution in [2.24, 2.45) is 5.41 Å². The molecule has 65 heavy (non-hydrogen) atoms. The van der Waals surface area contributed by atoms with Gasteiger partial charge in [0.15, 0.2) is 5.82 Å². The number of phenolic OH excluding ortho intramolecular Hbond substituents is 1. The number of amides is 3. The molecule has 2 aromatic carbocycles. The number of β-amino-alcohol motifs (C(OH)–C–C–N with tert-alkyl or cyclic N) is 1. The second kappa shape index (κ2) is 19.5. The number of aliphatic hydroxyl groups is 1. The zero-order valence-corrected chi connectivity index (χ0v) is 38.2. The third kappa shape index (κ3) is 10.5. The van der Waals surface area contributed by atoms with Gasteiger partial charge in [-0.15, -0.1) is 21.5 Å². The molecule has 0 unspecified atom stereocenters. The second-order valence-corrected chi connectivity index (χ2v) is 19.2. The molecule has 0 bridgehead atoms. The van der Waals surface area contributed by atoms with Crippen molar-refractivity contribution in [2.45, 2.75) is 77.6 Å². The molecule has 5 aromatic rings. The van der Waals surface area contributed by atoms with Crippen LogP contribution in [-0.2, 0) is 20.9 Å². The van der Waals surface area contributed by atoms with E-state index in [1.54, 1.807) is 29.5 Å². The molecule has 3 atom stereocenters. The van der Waals surface area contributed by atoms with E-state index >= 15 is 0 Å². The van der Waals surface area contributed by atoms with Gasteiger partial charge in [0.2, 0.25) is 23.7 Å². The highest BCUT2D eigenvalue weighted by Crippen LogP contribution is 2.33. The minimum Gasteiger partial charge on any atom is -0.507 e. The maximum Gasteiger partial charge on any atom is 0.246 e. The summed E-state index contributed by atoms with van der Waals surface area (Å²) in [7, 11) is 0. The number of rotatable bonds is 12. The van der Waals surface area contributed by atoms with Crippen molar-refractivity contribution in [3.05, 3.63) is 89.3 Å². The molecule has 17 nitrogen and oxygen atoms in total. The van der Waals surface area contributed by atoms with Crippen molar-refractivity contribution in [3.63, 3.8) is 0 Å². The fourth-order valence-electron chi connectivity index (χ4n) is 8.93. The number of benzene rings is 2. The average molecular weight is 903 g/mol. The number of aryl methyl sites for hydroxylation is 1. The number of aliphatic hydroxyl groups excluding tert-OH is 1. The number of piperazine rings is 1. The van der Waals surface area contributed by atoms with Gasteiger partial charge in [0.05, 0.1) is 40.1 Å². The van der Waals surface area contributed by atoms with E-state index in [4.69, 9.17) is 15.7 Å². The summed E-state index contributed by atoms with van der Waals surface area (Å²) in [5, 5.41) is 35.3. The fourth-order valence-corrected chi connectivity index (χ4v) is 9.75. The molecule has 3 aromatic heterocycles. The first kappa shape index (κ1) is 45.3. The Bertz CT molecular complexity index is 2460. The molecule has 3 saturated heterocycles. The van der Waals surface area contributed by atoms with Gasteiger partial charge >= 0.3 is 0 Å². The highest BCUT2D eigenvalue weighted by molar-refractivity contribution is 7.13. The zero-order valence-electron chi connectivity index (χ0n) is 37.4. The lowest BCUT2D eigenvalue weighted by Gasteiger charge is -2.37. The highest BCUT2D eigenvalue weighted by Gasteiger charge is 2.44. The van der Waals surface area contributed by atoms with Gasteiger partial charge in [0.1, 0.15) is 17.8 Å². The van der Waals surface area contributed by atoms with Crippen LogP contribution in [-0.4, -0.2) is 133 Å². The van der Waals surface area contributed by atoms with E-state index in [1.807, 2.05) is 82.0 Å². The number of aromatic hydroxyl groups is 1. The Morgan fingerprint density at radius 2 is 1.62 bits per heavy atom. The van der Waals surface area contributed by atoms with Crippen LogP contribution in [0.5, 0.6) is 5.75 Å². The number of carbonyl (C=O) groups excluding carboxylic acids is 3. The summed E-state index contributed by atoms with van der Waals surface area (Å²) in [4.78, 5) is 64.1. The molecule has 0 spiro atoms. The molecule has 6 N–H and O–H groups in total. The summed E-state index contributed by atoms with van der Waals surface area (Å²) in [6, 6.07) is 15.1. The van der Waals surface area contributed by atoms with Gasteiger partial charge in [-0.1, -0.05) is 57.2 Å². The number of likely N-dealkylation sites (tertiary alicyclic amines) is 2. The molecule has 3 fully saturated rings. The Labute approximate surface area is 383 Å². The normalized spacial score (nSPS) is 19.0. The fraction of sp³-hybridized carbons (Fsp3) is 0.447. The molecule has 0 aliphatic carbocycles. The molecule has 0 saturated carbocycles. The number of aromatic nitrogens is 5. The molecular weight excluding hydrogens is 845 g/mol. The predicted octanol–water partition coefficient (Wildman–Crippen LogP) is 3.97. The van der Waals surface area contributed by atoms with Gasteiger partial charge in [0.25, 0.3) is 0 Å². The standard InChI is InChI=1S/C47H58N12O5S/c1-29-41(65-28-52-29)32-11-9-30(10-12-32)23-49-44(63)38-21-34(60)26-59(38)45(64)42(47(2,3)4)53-40(62)27-56-15-13-31(14-16-56)33-24-50-46(51-25-33)58-19-17-57(18-20-58)37-22-36(54-55-43(37)48)35-7-5-6-8-39(35)61/h5-12,22,24-25,28,31,34,38,42,60-61H,13-21,23,26-27H2,1-4H3,(H2,48,55)(H,49,63)(H,53,62)/t34-,38+,42-/m1/s1. The Morgan fingerprint density at radius 3 is 2.28 bits per heavy atom.